The lowest BCUT2D eigenvalue weighted by Gasteiger charge is -2.07. The smallest absolute Gasteiger partial charge is 0.0386 e. The Bertz CT molecular complexity index is 800. The Hall–Kier alpha value is -3.00. The first-order valence-corrected chi connectivity index (χ1v) is 7.66. The van der Waals surface area contributed by atoms with Gasteiger partial charge in [-0.05, 0) is 60.0 Å². The van der Waals surface area contributed by atoms with Crippen molar-refractivity contribution >= 4 is 29.2 Å². The molecule has 3 rings (SSSR count). The van der Waals surface area contributed by atoms with Gasteiger partial charge in [-0.15, -0.1) is 0 Å². The van der Waals surface area contributed by atoms with Gasteiger partial charge in [-0.2, -0.15) is 0 Å². The predicted octanol–water partition coefficient (Wildman–Crippen LogP) is 5.49. The molecule has 0 radical (unpaired) electrons. The maximum atomic E-state index is 5.69. The van der Waals surface area contributed by atoms with E-state index < -0.39 is 0 Å². The second kappa shape index (κ2) is 6.84. The molecule has 23 heavy (non-hydrogen) atoms. The molecule has 3 aromatic rings. The lowest BCUT2D eigenvalue weighted by Crippen LogP contribution is -1.90. The Morgan fingerprint density at radius 3 is 1.96 bits per heavy atom. The number of anilines is 3. The van der Waals surface area contributed by atoms with Crippen molar-refractivity contribution < 1.29 is 0 Å². The molecular formula is C21H20N2. The Morgan fingerprint density at radius 1 is 0.739 bits per heavy atom. The van der Waals surface area contributed by atoms with E-state index in [2.05, 4.69) is 72.9 Å². The van der Waals surface area contributed by atoms with Crippen molar-refractivity contribution in [1.29, 1.82) is 0 Å². The van der Waals surface area contributed by atoms with E-state index in [0.717, 1.165) is 28.2 Å². The minimum Gasteiger partial charge on any atom is -0.399 e. The average Bonchev–Trinajstić information content (AvgIpc) is 2.56. The van der Waals surface area contributed by atoms with Gasteiger partial charge in [-0.25, -0.2) is 0 Å². The third-order valence-electron chi connectivity index (χ3n) is 3.62. The molecule has 0 aliphatic carbocycles. The second-order valence-corrected chi connectivity index (χ2v) is 5.62. The number of nitrogens with one attached hydrogen (secondary N) is 1. The van der Waals surface area contributed by atoms with Gasteiger partial charge in [0.1, 0.15) is 0 Å². The maximum Gasteiger partial charge on any atom is 0.0386 e. The van der Waals surface area contributed by atoms with Crippen molar-refractivity contribution in [2.75, 3.05) is 11.1 Å². The molecule has 3 N–H and O–H groups in total. The summed E-state index contributed by atoms with van der Waals surface area (Å²) in [4.78, 5) is 0. The molecule has 2 heteroatoms. The molecule has 0 saturated heterocycles. The zero-order valence-corrected chi connectivity index (χ0v) is 13.2. The molecule has 2 nitrogen and oxygen atoms in total. The quantitative estimate of drug-likeness (QED) is 0.494. The summed E-state index contributed by atoms with van der Waals surface area (Å²) in [5, 5.41) is 3.41. The van der Waals surface area contributed by atoms with E-state index in [1.165, 1.54) is 5.56 Å². The zero-order chi connectivity index (χ0) is 16.1. The van der Waals surface area contributed by atoms with Crippen molar-refractivity contribution in [3.05, 3.63) is 89.5 Å². The van der Waals surface area contributed by atoms with Crippen LogP contribution < -0.4 is 11.1 Å². The molecule has 0 heterocycles. The monoisotopic (exact) mass is 300 g/mol. The van der Waals surface area contributed by atoms with Gasteiger partial charge in [0.15, 0.2) is 0 Å². The van der Waals surface area contributed by atoms with Crippen molar-refractivity contribution in [3.8, 4) is 0 Å². The highest BCUT2D eigenvalue weighted by atomic mass is 14.9. The molecule has 0 aromatic heterocycles. The fourth-order valence-electron chi connectivity index (χ4n) is 2.37. The van der Waals surface area contributed by atoms with E-state index in [4.69, 9.17) is 5.73 Å². The van der Waals surface area contributed by atoms with Crippen LogP contribution in [0.4, 0.5) is 17.1 Å². The fourth-order valence-corrected chi connectivity index (χ4v) is 2.37. The molecule has 3 aromatic carbocycles. The van der Waals surface area contributed by atoms with Crippen molar-refractivity contribution in [2.45, 2.75) is 6.92 Å². The molecule has 0 spiro atoms. The third-order valence-corrected chi connectivity index (χ3v) is 3.62. The number of nitrogens with two attached hydrogens (primary N) is 1. The summed E-state index contributed by atoms with van der Waals surface area (Å²) in [5.74, 6) is 0. The average molecular weight is 300 g/mol. The Morgan fingerprint density at radius 2 is 1.35 bits per heavy atom. The van der Waals surface area contributed by atoms with E-state index in [1.807, 2.05) is 24.3 Å². The summed E-state index contributed by atoms with van der Waals surface area (Å²) >= 11 is 0. The van der Waals surface area contributed by atoms with Crippen molar-refractivity contribution in [1.82, 2.24) is 0 Å². The first kappa shape index (κ1) is 14.9. The van der Waals surface area contributed by atoms with Gasteiger partial charge in [0, 0.05) is 17.1 Å². The van der Waals surface area contributed by atoms with Crippen LogP contribution in [0.15, 0.2) is 72.8 Å². The first-order chi connectivity index (χ1) is 11.2. The van der Waals surface area contributed by atoms with Crippen LogP contribution in [-0.2, 0) is 0 Å². The van der Waals surface area contributed by atoms with Gasteiger partial charge >= 0.3 is 0 Å². The lowest BCUT2D eigenvalue weighted by atomic mass is 10.1. The maximum absolute atomic E-state index is 5.69. The minimum atomic E-state index is 0.786. The first-order valence-electron chi connectivity index (χ1n) is 7.66. The molecule has 0 atom stereocenters. The zero-order valence-electron chi connectivity index (χ0n) is 13.2. The number of hydrogen-bond donors (Lipinski definition) is 2. The van der Waals surface area contributed by atoms with Crippen LogP contribution in [0.25, 0.3) is 12.2 Å². The number of benzene rings is 3. The van der Waals surface area contributed by atoms with Crippen LogP contribution in [0, 0.1) is 6.92 Å². The van der Waals surface area contributed by atoms with Crippen LogP contribution in [-0.4, -0.2) is 0 Å². The van der Waals surface area contributed by atoms with Gasteiger partial charge in [0.05, 0.1) is 0 Å². The highest BCUT2D eigenvalue weighted by Gasteiger charge is 1.95. The van der Waals surface area contributed by atoms with E-state index in [9.17, 15) is 0 Å². The molecule has 0 aliphatic rings. The molecule has 0 aliphatic heterocycles. The number of aryl methyl sites for hydroxylation is 1. The van der Waals surface area contributed by atoms with Crippen LogP contribution >= 0.6 is 0 Å². The summed E-state index contributed by atoms with van der Waals surface area (Å²) < 4.78 is 0. The van der Waals surface area contributed by atoms with Crippen LogP contribution in [0.5, 0.6) is 0 Å². The number of hydrogen-bond acceptors (Lipinski definition) is 2. The highest BCUT2D eigenvalue weighted by molar-refractivity contribution is 5.71. The molecular weight excluding hydrogens is 280 g/mol. The van der Waals surface area contributed by atoms with E-state index in [0.29, 0.717) is 0 Å². The molecule has 0 saturated carbocycles. The third kappa shape index (κ3) is 4.24. The van der Waals surface area contributed by atoms with Crippen LogP contribution in [0.3, 0.4) is 0 Å². The molecule has 0 unspecified atom stereocenters. The van der Waals surface area contributed by atoms with Crippen molar-refractivity contribution in [2.24, 2.45) is 0 Å². The molecule has 0 fully saturated rings. The van der Waals surface area contributed by atoms with Gasteiger partial charge in [-0.1, -0.05) is 48.6 Å². The van der Waals surface area contributed by atoms with Gasteiger partial charge in [0.2, 0.25) is 0 Å². The molecule has 0 amide bonds. The Labute approximate surface area is 137 Å². The lowest BCUT2D eigenvalue weighted by molar-refractivity contribution is 1.45. The summed E-state index contributed by atoms with van der Waals surface area (Å²) in [5.41, 5.74) is 12.2. The Balaban J connectivity index is 1.68. The fraction of sp³-hybridized carbons (Fsp3) is 0.0476. The minimum absolute atomic E-state index is 0.786. The summed E-state index contributed by atoms with van der Waals surface area (Å²) in [6.45, 7) is 2.09. The SMILES string of the molecule is Cc1cccc(Nc2ccc(C=Cc3ccc(N)cc3)cc2)c1. The van der Waals surface area contributed by atoms with Crippen LogP contribution in [0.2, 0.25) is 0 Å². The van der Waals surface area contributed by atoms with E-state index in [-0.39, 0.29) is 0 Å². The Kier molecular flexibility index (Phi) is 4.44. The van der Waals surface area contributed by atoms with Crippen LogP contribution in [0.1, 0.15) is 16.7 Å². The van der Waals surface area contributed by atoms with Crippen molar-refractivity contribution in [3.63, 3.8) is 0 Å². The molecule has 0 bridgehead atoms. The largest absolute Gasteiger partial charge is 0.399 e. The highest BCUT2D eigenvalue weighted by Crippen LogP contribution is 2.19. The van der Waals surface area contributed by atoms with Gasteiger partial charge < -0.3 is 11.1 Å². The summed E-state index contributed by atoms with van der Waals surface area (Å²) in [6.07, 6.45) is 4.18. The molecule has 114 valence electrons. The van der Waals surface area contributed by atoms with Gasteiger partial charge in [0.25, 0.3) is 0 Å². The van der Waals surface area contributed by atoms with E-state index >= 15 is 0 Å². The normalized spacial score (nSPS) is 10.8. The standard InChI is InChI=1S/C21H20N2/c1-16-3-2-4-21(15-16)23-20-13-9-18(10-14-20)6-5-17-7-11-19(22)12-8-17/h2-15,23H,22H2,1H3. The predicted molar refractivity (Wildman–Crippen MR) is 101 cm³/mol. The number of nitrogen functional groups attached to an aromatic ring is 1. The second-order valence-electron chi connectivity index (χ2n) is 5.62. The summed E-state index contributed by atoms with van der Waals surface area (Å²) in [7, 11) is 0. The number of rotatable bonds is 4. The van der Waals surface area contributed by atoms with Gasteiger partial charge in [-0.3, -0.25) is 0 Å². The van der Waals surface area contributed by atoms with E-state index in [1.54, 1.807) is 0 Å². The summed E-state index contributed by atoms with van der Waals surface area (Å²) in [6, 6.07) is 24.6. The topological polar surface area (TPSA) is 38.0 Å².